The largest absolute Gasteiger partial charge is 0.392 e. The zero-order valence-corrected chi connectivity index (χ0v) is 14.3. The lowest BCUT2D eigenvalue weighted by Crippen LogP contribution is -2.49. The molecule has 1 saturated heterocycles. The number of aliphatic hydroxyl groups is 1. The summed E-state index contributed by atoms with van der Waals surface area (Å²) in [6, 6.07) is 11.3. The molecule has 4 rings (SSSR count). The van der Waals surface area contributed by atoms with Crippen LogP contribution in [0.4, 0.5) is 5.82 Å². The van der Waals surface area contributed by atoms with E-state index in [4.69, 9.17) is 5.11 Å². The predicted molar refractivity (Wildman–Crippen MR) is 95.6 cm³/mol. The Morgan fingerprint density at radius 3 is 2.46 bits per heavy atom. The highest BCUT2D eigenvalue weighted by molar-refractivity contribution is 5.79. The Morgan fingerprint density at radius 1 is 1.00 bits per heavy atom. The third-order valence-corrected chi connectivity index (χ3v) is 4.66. The molecule has 1 aliphatic heterocycles. The molecule has 0 radical (unpaired) electrons. The van der Waals surface area contributed by atoms with Crippen LogP contribution in [0.15, 0.2) is 42.7 Å². The molecule has 1 aromatic carbocycles. The fraction of sp³-hybridized carbons (Fsp3) is 0.333. The van der Waals surface area contributed by atoms with Crippen molar-refractivity contribution in [2.45, 2.75) is 13.0 Å². The summed E-state index contributed by atoms with van der Waals surface area (Å²) in [5, 5.41) is 21.4. The van der Waals surface area contributed by atoms with Gasteiger partial charge in [0.05, 0.1) is 13.0 Å². The lowest BCUT2D eigenvalue weighted by molar-refractivity contribution is -0.130. The number of amides is 1. The molecule has 0 bridgehead atoms. The third-order valence-electron chi connectivity index (χ3n) is 4.66. The van der Waals surface area contributed by atoms with Crippen LogP contribution in [0, 0.1) is 0 Å². The van der Waals surface area contributed by atoms with E-state index in [1.807, 2.05) is 41.3 Å². The third kappa shape index (κ3) is 3.36. The van der Waals surface area contributed by atoms with Crippen LogP contribution in [-0.4, -0.2) is 61.9 Å². The van der Waals surface area contributed by atoms with Crippen LogP contribution in [0.3, 0.4) is 0 Å². The van der Waals surface area contributed by atoms with Gasteiger partial charge in [0.15, 0.2) is 5.65 Å². The molecule has 0 saturated carbocycles. The van der Waals surface area contributed by atoms with Crippen LogP contribution in [0.25, 0.3) is 5.65 Å². The van der Waals surface area contributed by atoms with Crippen LogP contribution in [0.1, 0.15) is 11.1 Å². The van der Waals surface area contributed by atoms with E-state index in [0.29, 0.717) is 19.5 Å². The second-order valence-electron chi connectivity index (χ2n) is 6.34. The summed E-state index contributed by atoms with van der Waals surface area (Å²) in [7, 11) is 0. The summed E-state index contributed by atoms with van der Waals surface area (Å²) in [4.78, 5) is 16.6. The minimum absolute atomic E-state index is 0.0190. The molecule has 0 atom stereocenters. The standard InChI is InChI=1S/C18H20N6O2/c25-12-15-3-1-14(2-4-15)11-18(26)23-9-7-22(8-10-23)17-6-5-16-20-19-13-24(16)21-17/h1-6,13,25H,7-12H2. The van der Waals surface area contributed by atoms with E-state index in [9.17, 15) is 4.79 Å². The lowest BCUT2D eigenvalue weighted by Gasteiger charge is -2.35. The zero-order chi connectivity index (χ0) is 17.9. The van der Waals surface area contributed by atoms with Gasteiger partial charge in [0.25, 0.3) is 0 Å². The Kier molecular flexibility index (Phi) is 4.49. The highest BCUT2D eigenvalue weighted by atomic mass is 16.3. The van der Waals surface area contributed by atoms with Gasteiger partial charge in [0.1, 0.15) is 12.1 Å². The monoisotopic (exact) mass is 352 g/mol. The highest BCUT2D eigenvalue weighted by Gasteiger charge is 2.22. The van der Waals surface area contributed by atoms with Gasteiger partial charge in [-0.3, -0.25) is 4.79 Å². The molecule has 134 valence electrons. The number of aliphatic hydroxyl groups excluding tert-OH is 1. The van der Waals surface area contributed by atoms with Crippen LogP contribution >= 0.6 is 0 Å². The van der Waals surface area contributed by atoms with Crippen molar-refractivity contribution < 1.29 is 9.90 Å². The van der Waals surface area contributed by atoms with Gasteiger partial charge in [-0.25, -0.2) is 0 Å². The van der Waals surface area contributed by atoms with Gasteiger partial charge in [-0.1, -0.05) is 24.3 Å². The summed E-state index contributed by atoms with van der Waals surface area (Å²) in [6.07, 6.45) is 1.97. The number of anilines is 1. The molecular weight excluding hydrogens is 332 g/mol. The van der Waals surface area contributed by atoms with Crippen molar-refractivity contribution in [1.29, 1.82) is 0 Å². The van der Waals surface area contributed by atoms with Gasteiger partial charge in [-0.15, -0.1) is 15.3 Å². The van der Waals surface area contributed by atoms with E-state index in [2.05, 4.69) is 20.2 Å². The highest BCUT2D eigenvalue weighted by Crippen LogP contribution is 2.15. The van der Waals surface area contributed by atoms with Gasteiger partial charge in [-0.2, -0.15) is 4.52 Å². The minimum atomic E-state index is 0.0190. The first-order valence-corrected chi connectivity index (χ1v) is 8.61. The normalized spacial score (nSPS) is 14.8. The molecule has 1 N–H and O–H groups in total. The second kappa shape index (κ2) is 7.09. The van der Waals surface area contributed by atoms with Crippen LogP contribution in [0.5, 0.6) is 0 Å². The van der Waals surface area contributed by atoms with Gasteiger partial charge < -0.3 is 14.9 Å². The smallest absolute Gasteiger partial charge is 0.227 e. The Hall–Kier alpha value is -3.00. The van der Waals surface area contributed by atoms with Crippen molar-refractivity contribution in [2.24, 2.45) is 0 Å². The van der Waals surface area contributed by atoms with Crippen molar-refractivity contribution in [3.8, 4) is 0 Å². The number of carbonyl (C=O) groups excluding carboxylic acids is 1. The maximum Gasteiger partial charge on any atom is 0.227 e. The number of benzene rings is 1. The van der Waals surface area contributed by atoms with E-state index < -0.39 is 0 Å². The topological polar surface area (TPSA) is 86.9 Å². The SMILES string of the molecule is O=C(Cc1ccc(CO)cc1)N1CCN(c2ccc3nncn3n2)CC1. The quantitative estimate of drug-likeness (QED) is 0.736. The maximum atomic E-state index is 12.5. The summed E-state index contributed by atoms with van der Waals surface area (Å²) >= 11 is 0. The first-order chi connectivity index (χ1) is 12.7. The predicted octanol–water partition coefficient (Wildman–Crippen LogP) is 0.508. The number of piperazine rings is 1. The molecule has 0 aliphatic carbocycles. The molecule has 8 heteroatoms. The molecular formula is C18H20N6O2. The minimum Gasteiger partial charge on any atom is -0.392 e. The summed E-state index contributed by atoms with van der Waals surface area (Å²) in [6.45, 7) is 2.86. The van der Waals surface area contributed by atoms with Gasteiger partial charge in [0.2, 0.25) is 5.91 Å². The van der Waals surface area contributed by atoms with Crippen molar-refractivity contribution in [1.82, 2.24) is 24.7 Å². The van der Waals surface area contributed by atoms with E-state index >= 15 is 0 Å². The van der Waals surface area contributed by atoms with E-state index in [1.165, 1.54) is 0 Å². The summed E-state index contributed by atoms with van der Waals surface area (Å²) in [5.41, 5.74) is 2.54. The fourth-order valence-electron chi connectivity index (χ4n) is 3.12. The molecule has 26 heavy (non-hydrogen) atoms. The van der Waals surface area contributed by atoms with Gasteiger partial charge >= 0.3 is 0 Å². The molecule has 2 aromatic heterocycles. The molecule has 1 aliphatic rings. The molecule has 3 heterocycles. The molecule has 1 amide bonds. The van der Waals surface area contributed by atoms with Crippen molar-refractivity contribution in [3.05, 3.63) is 53.9 Å². The number of fused-ring (bicyclic) bond motifs is 1. The van der Waals surface area contributed by atoms with Crippen molar-refractivity contribution in [2.75, 3.05) is 31.1 Å². The number of carbonyl (C=O) groups is 1. The van der Waals surface area contributed by atoms with E-state index in [0.717, 1.165) is 35.7 Å². The lowest BCUT2D eigenvalue weighted by atomic mass is 10.1. The molecule has 3 aromatic rings. The zero-order valence-electron chi connectivity index (χ0n) is 14.3. The molecule has 0 unspecified atom stereocenters. The van der Waals surface area contributed by atoms with Crippen LogP contribution < -0.4 is 4.90 Å². The second-order valence-corrected chi connectivity index (χ2v) is 6.34. The number of hydrogen-bond donors (Lipinski definition) is 1. The first-order valence-electron chi connectivity index (χ1n) is 8.61. The number of nitrogens with zero attached hydrogens (tertiary/aromatic N) is 6. The Labute approximate surface area is 150 Å². The first kappa shape index (κ1) is 16.5. The van der Waals surface area contributed by atoms with E-state index in [-0.39, 0.29) is 12.5 Å². The Bertz CT molecular complexity index is 899. The van der Waals surface area contributed by atoms with Crippen molar-refractivity contribution >= 4 is 17.4 Å². The number of hydrogen-bond acceptors (Lipinski definition) is 6. The van der Waals surface area contributed by atoms with Gasteiger partial charge in [0, 0.05) is 26.2 Å². The van der Waals surface area contributed by atoms with E-state index in [1.54, 1.807) is 10.8 Å². The van der Waals surface area contributed by atoms with Crippen LogP contribution in [-0.2, 0) is 17.8 Å². The molecule has 8 nitrogen and oxygen atoms in total. The average Bonchev–Trinajstić information content (AvgIpc) is 3.16. The van der Waals surface area contributed by atoms with Gasteiger partial charge in [-0.05, 0) is 23.3 Å². The molecule has 0 spiro atoms. The maximum absolute atomic E-state index is 12.5. The summed E-state index contributed by atoms with van der Waals surface area (Å²) < 4.78 is 1.66. The number of aromatic nitrogens is 4. The number of rotatable bonds is 4. The van der Waals surface area contributed by atoms with Crippen LogP contribution in [0.2, 0.25) is 0 Å². The summed E-state index contributed by atoms with van der Waals surface area (Å²) in [5.74, 6) is 0.993. The molecule has 1 fully saturated rings. The Balaban J connectivity index is 1.35. The Morgan fingerprint density at radius 2 is 1.73 bits per heavy atom. The fourth-order valence-corrected chi connectivity index (χ4v) is 3.12. The van der Waals surface area contributed by atoms with Crippen molar-refractivity contribution in [3.63, 3.8) is 0 Å². The average molecular weight is 352 g/mol.